The van der Waals surface area contributed by atoms with Crippen molar-refractivity contribution in [1.82, 2.24) is 24.6 Å². The van der Waals surface area contributed by atoms with Gasteiger partial charge in [-0.05, 0) is 24.3 Å². The summed E-state index contributed by atoms with van der Waals surface area (Å²) in [4.78, 5) is 13.8. The molecule has 0 atom stereocenters. The summed E-state index contributed by atoms with van der Waals surface area (Å²) < 4.78 is 1.79. The molecule has 0 radical (unpaired) electrons. The highest BCUT2D eigenvalue weighted by molar-refractivity contribution is 5.74. The smallest absolute Gasteiger partial charge is 0.159 e. The van der Waals surface area contributed by atoms with Gasteiger partial charge in [0.1, 0.15) is 0 Å². The van der Waals surface area contributed by atoms with Crippen LogP contribution in [-0.4, -0.2) is 62.5 Å². The molecule has 4 heterocycles. The van der Waals surface area contributed by atoms with Gasteiger partial charge in [-0.15, -0.1) is 0 Å². The van der Waals surface area contributed by atoms with Crippen LogP contribution in [-0.2, 0) is 13.1 Å². The van der Waals surface area contributed by atoms with E-state index in [1.165, 1.54) is 0 Å². The first-order chi connectivity index (χ1) is 12.3. The van der Waals surface area contributed by atoms with Crippen LogP contribution in [0.1, 0.15) is 5.69 Å². The molecule has 3 aromatic heterocycles. The van der Waals surface area contributed by atoms with Crippen LogP contribution < -0.4 is 4.90 Å². The summed E-state index contributed by atoms with van der Waals surface area (Å²) in [5, 5.41) is 14.3. The molecule has 7 heteroatoms. The maximum absolute atomic E-state index is 8.99. The molecule has 7 nitrogen and oxygen atoms in total. The number of piperazine rings is 1. The molecule has 0 amide bonds. The van der Waals surface area contributed by atoms with Gasteiger partial charge in [0, 0.05) is 50.5 Å². The van der Waals surface area contributed by atoms with E-state index in [1.54, 1.807) is 10.9 Å². The molecule has 0 bridgehead atoms. The largest absolute Gasteiger partial charge is 0.394 e. The van der Waals surface area contributed by atoms with Crippen LogP contribution in [0.15, 0.2) is 42.9 Å². The Kier molecular flexibility index (Phi) is 4.58. The first-order valence-electron chi connectivity index (χ1n) is 8.63. The van der Waals surface area contributed by atoms with E-state index in [4.69, 9.17) is 5.11 Å². The molecule has 4 rings (SSSR count). The fourth-order valence-electron chi connectivity index (χ4n) is 3.21. The van der Waals surface area contributed by atoms with E-state index in [2.05, 4.69) is 37.0 Å². The van der Waals surface area contributed by atoms with Crippen LogP contribution in [0.4, 0.5) is 5.69 Å². The number of nitrogens with zero attached hydrogens (tertiary/aromatic N) is 6. The summed E-state index contributed by atoms with van der Waals surface area (Å²) >= 11 is 0. The molecule has 25 heavy (non-hydrogen) atoms. The first kappa shape index (κ1) is 16.0. The van der Waals surface area contributed by atoms with E-state index < -0.39 is 0 Å². The monoisotopic (exact) mass is 338 g/mol. The SMILES string of the molecule is OCCn1cc(N2CCN(Cc3ccc4cccnc4n3)CC2)cn1. The first-order valence-corrected chi connectivity index (χ1v) is 8.63. The molecule has 0 aromatic carbocycles. The lowest BCUT2D eigenvalue weighted by Crippen LogP contribution is -2.46. The highest BCUT2D eigenvalue weighted by Gasteiger charge is 2.18. The number of rotatable bonds is 5. The van der Waals surface area contributed by atoms with Crippen molar-refractivity contribution in [2.24, 2.45) is 0 Å². The summed E-state index contributed by atoms with van der Waals surface area (Å²) in [6.45, 7) is 5.43. The Morgan fingerprint density at radius 2 is 1.96 bits per heavy atom. The van der Waals surface area contributed by atoms with Gasteiger partial charge in [0.2, 0.25) is 0 Å². The fourth-order valence-corrected chi connectivity index (χ4v) is 3.21. The minimum atomic E-state index is 0.114. The minimum Gasteiger partial charge on any atom is -0.394 e. The molecule has 0 spiro atoms. The van der Waals surface area contributed by atoms with Crippen molar-refractivity contribution in [3.8, 4) is 0 Å². The highest BCUT2D eigenvalue weighted by atomic mass is 16.3. The summed E-state index contributed by atoms with van der Waals surface area (Å²) in [5.74, 6) is 0. The van der Waals surface area contributed by atoms with Crippen molar-refractivity contribution in [2.75, 3.05) is 37.7 Å². The van der Waals surface area contributed by atoms with Crippen LogP contribution in [0.2, 0.25) is 0 Å². The van der Waals surface area contributed by atoms with Crippen LogP contribution in [0.3, 0.4) is 0 Å². The zero-order chi connectivity index (χ0) is 17.1. The lowest BCUT2D eigenvalue weighted by Gasteiger charge is -2.35. The zero-order valence-electron chi connectivity index (χ0n) is 14.1. The van der Waals surface area contributed by atoms with Crippen LogP contribution in [0.25, 0.3) is 11.0 Å². The van der Waals surface area contributed by atoms with E-state index in [0.717, 1.165) is 55.1 Å². The van der Waals surface area contributed by atoms with Crippen molar-refractivity contribution in [3.63, 3.8) is 0 Å². The van der Waals surface area contributed by atoms with Crippen LogP contribution in [0.5, 0.6) is 0 Å². The van der Waals surface area contributed by atoms with Gasteiger partial charge < -0.3 is 10.0 Å². The van der Waals surface area contributed by atoms with Gasteiger partial charge in [-0.1, -0.05) is 0 Å². The molecule has 1 fully saturated rings. The summed E-state index contributed by atoms with van der Waals surface area (Å²) in [7, 11) is 0. The Morgan fingerprint density at radius 3 is 2.80 bits per heavy atom. The van der Waals surface area contributed by atoms with Crippen molar-refractivity contribution >= 4 is 16.7 Å². The second kappa shape index (κ2) is 7.16. The number of anilines is 1. The third kappa shape index (κ3) is 3.62. The molecule has 3 aromatic rings. The predicted octanol–water partition coefficient (Wildman–Crippen LogP) is 1.14. The number of pyridine rings is 2. The third-order valence-corrected chi connectivity index (χ3v) is 4.59. The predicted molar refractivity (Wildman–Crippen MR) is 96.3 cm³/mol. The fraction of sp³-hybridized carbons (Fsp3) is 0.389. The van der Waals surface area contributed by atoms with Gasteiger partial charge in [-0.2, -0.15) is 5.10 Å². The maximum Gasteiger partial charge on any atom is 0.159 e. The molecular formula is C18H22N6O. The number of aliphatic hydroxyl groups excluding tert-OH is 1. The topological polar surface area (TPSA) is 70.3 Å². The second-order valence-corrected chi connectivity index (χ2v) is 6.30. The summed E-state index contributed by atoms with van der Waals surface area (Å²) in [6.07, 6.45) is 5.67. The van der Waals surface area contributed by atoms with E-state index in [9.17, 15) is 0 Å². The molecule has 0 saturated carbocycles. The Bertz CT molecular complexity index is 840. The maximum atomic E-state index is 8.99. The standard InChI is InChI=1S/C18H22N6O/c25-11-10-24-14-17(12-20-24)23-8-6-22(7-9-23)13-16-4-3-15-2-1-5-19-18(15)21-16/h1-5,12,14,25H,6-11,13H2. The van der Waals surface area contributed by atoms with Gasteiger partial charge in [-0.25, -0.2) is 9.97 Å². The van der Waals surface area contributed by atoms with Crippen molar-refractivity contribution in [3.05, 3.63) is 48.5 Å². The summed E-state index contributed by atoms with van der Waals surface area (Å²) in [5.41, 5.74) is 3.01. The lowest BCUT2D eigenvalue weighted by molar-refractivity contribution is 0.247. The van der Waals surface area contributed by atoms with E-state index >= 15 is 0 Å². The molecule has 1 N–H and O–H groups in total. The average Bonchev–Trinajstić information content (AvgIpc) is 3.11. The number of aromatic nitrogens is 4. The van der Waals surface area contributed by atoms with E-state index in [1.807, 2.05) is 24.5 Å². The molecule has 1 saturated heterocycles. The Balaban J connectivity index is 1.36. The Hall–Kier alpha value is -2.51. The van der Waals surface area contributed by atoms with Crippen molar-refractivity contribution in [2.45, 2.75) is 13.1 Å². The molecule has 0 unspecified atom stereocenters. The minimum absolute atomic E-state index is 0.114. The van der Waals surface area contributed by atoms with Gasteiger partial charge >= 0.3 is 0 Å². The van der Waals surface area contributed by atoms with E-state index in [-0.39, 0.29) is 6.61 Å². The van der Waals surface area contributed by atoms with Gasteiger partial charge in [0.15, 0.2) is 5.65 Å². The molecule has 1 aliphatic rings. The zero-order valence-corrected chi connectivity index (χ0v) is 14.1. The number of fused-ring (bicyclic) bond motifs is 1. The summed E-state index contributed by atoms with van der Waals surface area (Å²) in [6, 6.07) is 8.16. The number of hydrogen-bond donors (Lipinski definition) is 1. The Morgan fingerprint density at radius 1 is 1.08 bits per heavy atom. The second-order valence-electron chi connectivity index (χ2n) is 6.30. The molecular weight excluding hydrogens is 316 g/mol. The average molecular weight is 338 g/mol. The third-order valence-electron chi connectivity index (χ3n) is 4.59. The van der Waals surface area contributed by atoms with Gasteiger partial charge in [0.25, 0.3) is 0 Å². The van der Waals surface area contributed by atoms with Crippen LogP contribution in [0, 0.1) is 0 Å². The lowest BCUT2D eigenvalue weighted by atomic mass is 10.2. The molecule has 1 aliphatic heterocycles. The van der Waals surface area contributed by atoms with Crippen molar-refractivity contribution < 1.29 is 5.11 Å². The normalized spacial score (nSPS) is 15.8. The number of aliphatic hydroxyl groups is 1. The number of hydrogen-bond acceptors (Lipinski definition) is 6. The van der Waals surface area contributed by atoms with Gasteiger partial charge in [-0.3, -0.25) is 9.58 Å². The Labute approximate surface area is 146 Å². The van der Waals surface area contributed by atoms with Crippen molar-refractivity contribution in [1.29, 1.82) is 0 Å². The van der Waals surface area contributed by atoms with E-state index in [0.29, 0.717) is 6.54 Å². The molecule has 0 aliphatic carbocycles. The van der Waals surface area contributed by atoms with Gasteiger partial charge in [0.05, 0.1) is 30.7 Å². The quantitative estimate of drug-likeness (QED) is 0.752. The van der Waals surface area contributed by atoms with Crippen LogP contribution >= 0.6 is 0 Å². The molecule has 130 valence electrons. The highest BCUT2D eigenvalue weighted by Crippen LogP contribution is 2.17.